The number of ether oxygens (including phenoxy) is 1. The molecule has 0 radical (unpaired) electrons. The number of halogens is 1. The van der Waals surface area contributed by atoms with Gasteiger partial charge in [0.1, 0.15) is 16.3 Å². The van der Waals surface area contributed by atoms with Crippen LogP contribution in [0.15, 0.2) is 59.5 Å². The number of nitrogens with zero attached hydrogens (tertiary/aromatic N) is 2. The number of hydrogen-bond donors (Lipinski definition) is 0. The van der Waals surface area contributed by atoms with Gasteiger partial charge < -0.3 is 8.92 Å². The molecule has 7 nitrogen and oxygen atoms in total. The zero-order chi connectivity index (χ0) is 21.9. The predicted molar refractivity (Wildman–Crippen MR) is 107 cm³/mol. The standard InChI is InChI=1S/C21H19FN2O5S/c1-13(2)18-17(20(25)28-3)19(14-9-11-15(22)12-10-14)24-21(23-18)29-30(26,27)16-7-5-4-6-8-16/h4-13H,1-3H3. The Labute approximate surface area is 173 Å². The zero-order valence-corrected chi connectivity index (χ0v) is 17.3. The highest BCUT2D eigenvalue weighted by Gasteiger charge is 2.27. The zero-order valence-electron chi connectivity index (χ0n) is 16.5. The van der Waals surface area contributed by atoms with Crippen molar-refractivity contribution in [1.29, 1.82) is 0 Å². The predicted octanol–water partition coefficient (Wildman–Crippen LogP) is 3.96. The third-order valence-electron chi connectivity index (χ3n) is 4.19. The van der Waals surface area contributed by atoms with Crippen molar-refractivity contribution in [3.05, 3.63) is 71.7 Å². The summed E-state index contributed by atoms with van der Waals surface area (Å²) in [6.45, 7) is 3.55. The van der Waals surface area contributed by atoms with E-state index in [1.54, 1.807) is 32.0 Å². The minimum atomic E-state index is -4.20. The quantitative estimate of drug-likeness (QED) is 0.431. The summed E-state index contributed by atoms with van der Waals surface area (Å²) in [5.41, 5.74) is 0.764. The number of benzene rings is 2. The minimum Gasteiger partial charge on any atom is -0.465 e. The molecule has 0 aliphatic heterocycles. The number of carbonyl (C=O) groups excluding carboxylic acids is 1. The van der Waals surface area contributed by atoms with Gasteiger partial charge in [0, 0.05) is 5.56 Å². The second kappa shape index (κ2) is 8.58. The Morgan fingerprint density at radius 3 is 2.20 bits per heavy atom. The second-order valence-corrected chi connectivity index (χ2v) is 8.17. The van der Waals surface area contributed by atoms with Crippen LogP contribution in [-0.4, -0.2) is 31.5 Å². The number of carbonyl (C=O) groups is 1. The lowest BCUT2D eigenvalue weighted by Crippen LogP contribution is -2.17. The highest BCUT2D eigenvalue weighted by atomic mass is 32.2. The van der Waals surface area contributed by atoms with Gasteiger partial charge in [0.15, 0.2) is 0 Å². The third kappa shape index (κ3) is 4.46. The lowest BCUT2D eigenvalue weighted by Gasteiger charge is -2.16. The van der Waals surface area contributed by atoms with Crippen molar-refractivity contribution in [3.8, 4) is 17.3 Å². The van der Waals surface area contributed by atoms with Crippen LogP contribution >= 0.6 is 0 Å². The van der Waals surface area contributed by atoms with E-state index in [2.05, 4.69) is 9.97 Å². The van der Waals surface area contributed by atoms with Crippen molar-refractivity contribution in [3.63, 3.8) is 0 Å². The molecule has 0 spiro atoms. The Morgan fingerprint density at radius 1 is 1.00 bits per heavy atom. The molecule has 0 saturated carbocycles. The highest BCUT2D eigenvalue weighted by molar-refractivity contribution is 7.87. The lowest BCUT2D eigenvalue weighted by molar-refractivity contribution is 0.0598. The summed E-state index contributed by atoms with van der Waals surface area (Å²) in [7, 11) is -2.99. The molecule has 0 aliphatic rings. The van der Waals surface area contributed by atoms with Crippen LogP contribution in [0.25, 0.3) is 11.3 Å². The summed E-state index contributed by atoms with van der Waals surface area (Å²) in [6, 6.07) is 12.3. The first-order chi connectivity index (χ1) is 14.2. The van der Waals surface area contributed by atoms with Crippen molar-refractivity contribution in [1.82, 2.24) is 9.97 Å². The molecule has 30 heavy (non-hydrogen) atoms. The molecule has 3 aromatic rings. The van der Waals surface area contributed by atoms with Gasteiger partial charge in [-0.15, -0.1) is 0 Å². The Hall–Kier alpha value is -3.33. The molecule has 1 aromatic heterocycles. The van der Waals surface area contributed by atoms with Crippen molar-refractivity contribution in [2.75, 3.05) is 7.11 Å². The Kier molecular flexibility index (Phi) is 6.12. The summed E-state index contributed by atoms with van der Waals surface area (Å²) in [4.78, 5) is 20.7. The van der Waals surface area contributed by atoms with Crippen molar-refractivity contribution < 1.29 is 26.5 Å². The first kappa shape index (κ1) is 21.4. The second-order valence-electron chi connectivity index (χ2n) is 6.62. The van der Waals surface area contributed by atoms with Crippen LogP contribution in [-0.2, 0) is 14.9 Å². The average Bonchev–Trinajstić information content (AvgIpc) is 2.73. The van der Waals surface area contributed by atoms with E-state index in [4.69, 9.17) is 8.92 Å². The fourth-order valence-electron chi connectivity index (χ4n) is 2.77. The molecule has 156 valence electrons. The van der Waals surface area contributed by atoms with E-state index in [1.807, 2.05) is 0 Å². The van der Waals surface area contributed by atoms with E-state index < -0.39 is 27.9 Å². The molecule has 0 unspecified atom stereocenters. The number of rotatable bonds is 6. The maximum absolute atomic E-state index is 13.4. The SMILES string of the molecule is COC(=O)c1c(-c2ccc(F)cc2)nc(OS(=O)(=O)c2ccccc2)nc1C(C)C. The summed E-state index contributed by atoms with van der Waals surface area (Å²) < 4.78 is 48.6. The summed E-state index contributed by atoms with van der Waals surface area (Å²) >= 11 is 0. The fraction of sp³-hybridized carbons (Fsp3) is 0.190. The normalized spacial score (nSPS) is 11.4. The van der Waals surface area contributed by atoms with Crippen LogP contribution in [0, 0.1) is 5.82 Å². The van der Waals surface area contributed by atoms with Crippen LogP contribution in [0.1, 0.15) is 35.8 Å². The van der Waals surface area contributed by atoms with E-state index in [1.165, 1.54) is 43.5 Å². The largest absolute Gasteiger partial charge is 0.465 e. The number of aromatic nitrogens is 2. The van der Waals surface area contributed by atoms with Gasteiger partial charge in [-0.3, -0.25) is 0 Å². The van der Waals surface area contributed by atoms with Crippen LogP contribution in [0.4, 0.5) is 4.39 Å². The van der Waals surface area contributed by atoms with Gasteiger partial charge in [-0.05, 0) is 42.3 Å². The molecule has 0 saturated heterocycles. The lowest BCUT2D eigenvalue weighted by atomic mass is 9.98. The van der Waals surface area contributed by atoms with Crippen LogP contribution < -0.4 is 4.18 Å². The van der Waals surface area contributed by atoms with Crippen LogP contribution in [0.5, 0.6) is 6.01 Å². The minimum absolute atomic E-state index is 0.0589. The van der Waals surface area contributed by atoms with Gasteiger partial charge in [-0.25, -0.2) is 9.18 Å². The van der Waals surface area contributed by atoms with E-state index >= 15 is 0 Å². The summed E-state index contributed by atoms with van der Waals surface area (Å²) in [6.07, 6.45) is 0. The Bertz CT molecular complexity index is 1160. The van der Waals surface area contributed by atoms with Gasteiger partial charge in [0.05, 0.1) is 18.5 Å². The number of methoxy groups -OCH3 is 1. The van der Waals surface area contributed by atoms with Gasteiger partial charge >= 0.3 is 22.1 Å². The smallest absolute Gasteiger partial charge is 0.341 e. The maximum atomic E-state index is 13.4. The molecule has 0 bridgehead atoms. The van der Waals surface area contributed by atoms with Crippen molar-refractivity contribution in [2.45, 2.75) is 24.7 Å². The summed E-state index contributed by atoms with van der Waals surface area (Å²) in [5, 5.41) is 0. The van der Waals surface area contributed by atoms with Gasteiger partial charge in [0.25, 0.3) is 0 Å². The maximum Gasteiger partial charge on any atom is 0.341 e. The molecule has 1 heterocycles. The molecule has 0 atom stereocenters. The molecule has 2 aromatic carbocycles. The molecule has 0 amide bonds. The first-order valence-corrected chi connectivity index (χ1v) is 10.4. The fourth-order valence-corrected chi connectivity index (χ4v) is 3.62. The molecule has 0 aliphatic carbocycles. The van der Waals surface area contributed by atoms with E-state index in [0.29, 0.717) is 5.56 Å². The van der Waals surface area contributed by atoms with Gasteiger partial charge in [-0.2, -0.15) is 18.4 Å². The van der Waals surface area contributed by atoms with E-state index in [9.17, 15) is 17.6 Å². The van der Waals surface area contributed by atoms with E-state index in [0.717, 1.165) is 0 Å². The highest BCUT2D eigenvalue weighted by Crippen LogP contribution is 2.31. The van der Waals surface area contributed by atoms with Crippen molar-refractivity contribution in [2.24, 2.45) is 0 Å². The van der Waals surface area contributed by atoms with Gasteiger partial charge in [-0.1, -0.05) is 32.0 Å². The third-order valence-corrected chi connectivity index (χ3v) is 5.40. The number of esters is 1. The molecule has 0 N–H and O–H groups in total. The number of hydrogen-bond acceptors (Lipinski definition) is 7. The average molecular weight is 430 g/mol. The van der Waals surface area contributed by atoms with Crippen LogP contribution in [0.3, 0.4) is 0 Å². The molecular weight excluding hydrogens is 411 g/mol. The molecule has 3 rings (SSSR count). The monoisotopic (exact) mass is 430 g/mol. The molecular formula is C21H19FN2O5S. The topological polar surface area (TPSA) is 95.5 Å². The first-order valence-electron chi connectivity index (χ1n) is 8.98. The molecule has 0 fully saturated rings. The van der Waals surface area contributed by atoms with Crippen LogP contribution in [0.2, 0.25) is 0 Å². The Balaban J connectivity index is 2.20. The molecule has 9 heteroatoms. The van der Waals surface area contributed by atoms with Gasteiger partial charge in [0.2, 0.25) is 0 Å². The Morgan fingerprint density at radius 2 is 1.63 bits per heavy atom. The summed E-state index contributed by atoms with van der Waals surface area (Å²) in [5.74, 6) is -1.46. The van der Waals surface area contributed by atoms with Crippen molar-refractivity contribution >= 4 is 16.1 Å². The van der Waals surface area contributed by atoms with E-state index in [-0.39, 0.29) is 27.8 Å².